The molecule has 5 heteroatoms. The van der Waals surface area contributed by atoms with E-state index in [1.54, 1.807) is 19.2 Å². The van der Waals surface area contributed by atoms with E-state index in [0.29, 0.717) is 28.1 Å². The van der Waals surface area contributed by atoms with Crippen LogP contribution in [-0.2, 0) is 6.61 Å². The van der Waals surface area contributed by atoms with Gasteiger partial charge in [-0.1, -0.05) is 30.3 Å². The number of benzene rings is 2. The molecule has 0 spiro atoms. The predicted molar refractivity (Wildman–Crippen MR) is 81.7 cm³/mol. The smallest absolute Gasteiger partial charge is 0.253 e. The van der Waals surface area contributed by atoms with E-state index in [-0.39, 0.29) is 0 Å². The van der Waals surface area contributed by atoms with Crippen LogP contribution < -0.4 is 9.47 Å². The first-order valence-corrected chi connectivity index (χ1v) is 7.03. The molecule has 0 radical (unpaired) electrons. The first-order valence-electron chi connectivity index (χ1n) is 5.86. The summed E-state index contributed by atoms with van der Waals surface area (Å²) in [7, 11) is 1.54. The molecule has 104 valence electrons. The van der Waals surface area contributed by atoms with Gasteiger partial charge in [-0.05, 0) is 45.2 Å². The summed E-state index contributed by atoms with van der Waals surface area (Å²) in [6.07, 6.45) is 0. The molecule has 3 nitrogen and oxygen atoms in total. The summed E-state index contributed by atoms with van der Waals surface area (Å²) in [5.41, 5.74) is 1.36. The molecule has 2 rings (SSSR count). The largest absolute Gasteiger partial charge is 0.493 e. The van der Waals surface area contributed by atoms with Crippen molar-refractivity contribution in [2.45, 2.75) is 6.61 Å². The number of halogens is 2. The lowest BCUT2D eigenvalue weighted by Gasteiger charge is -2.14. The van der Waals surface area contributed by atoms with Crippen LogP contribution in [-0.4, -0.2) is 12.4 Å². The van der Waals surface area contributed by atoms with E-state index < -0.39 is 5.24 Å². The van der Waals surface area contributed by atoms with E-state index in [1.807, 2.05) is 30.3 Å². The van der Waals surface area contributed by atoms with E-state index in [1.165, 1.54) is 0 Å². The molecule has 0 heterocycles. The van der Waals surface area contributed by atoms with Gasteiger partial charge >= 0.3 is 0 Å². The number of hydrogen-bond donors (Lipinski definition) is 0. The molecule has 0 fully saturated rings. The normalized spacial score (nSPS) is 10.2. The van der Waals surface area contributed by atoms with Crippen molar-refractivity contribution < 1.29 is 14.3 Å². The third-order valence-corrected chi connectivity index (χ3v) is 3.71. The fourth-order valence-corrected chi connectivity index (χ4v) is 2.61. The van der Waals surface area contributed by atoms with Crippen molar-refractivity contribution in [2.75, 3.05) is 7.11 Å². The first-order chi connectivity index (χ1) is 9.63. The topological polar surface area (TPSA) is 35.5 Å². The van der Waals surface area contributed by atoms with Crippen LogP contribution in [0.4, 0.5) is 0 Å². The second-order valence-corrected chi connectivity index (χ2v) is 5.14. The predicted octanol–water partition coefficient (Wildman–Crippen LogP) is 4.42. The second kappa shape index (κ2) is 6.77. The number of rotatable bonds is 5. The highest BCUT2D eigenvalue weighted by atomic mass is 79.9. The van der Waals surface area contributed by atoms with E-state index in [0.717, 1.165) is 5.56 Å². The summed E-state index contributed by atoms with van der Waals surface area (Å²) in [6, 6.07) is 13.0. The van der Waals surface area contributed by atoms with Gasteiger partial charge in [0.15, 0.2) is 11.5 Å². The van der Waals surface area contributed by atoms with Crippen molar-refractivity contribution in [3.63, 3.8) is 0 Å². The fraction of sp³-hybridized carbons (Fsp3) is 0.133. The lowest BCUT2D eigenvalue weighted by atomic mass is 10.2. The van der Waals surface area contributed by atoms with Crippen LogP contribution in [0.1, 0.15) is 15.9 Å². The highest BCUT2D eigenvalue weighted by Crippen LogP contribution is 2.38. The van der Waals surface area contributed by atoms with Gasteiger partial charge < -0.3 is 9.47 Å². The Labute approximate surface area is 130 Å². The summed E-state index contributed by atoms with van der Waals surface area (Å²) in [6.45, 7) is 0.371. The van der Waals surface area contributed by atoms with E-state index in [2.05, 4.69) is 15.9 Å². The van der Waals surface area contributed by atoms with E-state index >= 15 is 0 Å². The molecular formula is C15H12BrClO3. The molecule has 2 aromatic carbocycles. The van der Waals surface area contributed by atoms with Crippen molar-refractivity contribution in [1.29, 1.82) is 0 Å². The Balaban J connectivity index is 2.29. The maximum Gasteiger partial charge on any atom is 0.253 e. The standard InChI is InChI=1S/C15H12BrClO3/c1-19-12-8-7-11(15(17)18)13(16)14(12)20-9-10-5-3-2-4-6-10/h2-8H,9H2,1H3. The third-order valence-electron chi connectivity index (χ3n) is 2.72. The summed E-state index contributed by atoms with van der Waals surface area (Å²) in [5, 5.41) is -0.552. The molecule has 0 aromatic heterocycles. The van der Waals surface area contributed by atoms with E-state index in [9.17, 15) is 4.79 Å². The summed E-state index contributed by atoms with van der Waals surface area (Å²) in [4.78, 5) is 11.3. The van der Waals surface area contributed by atoms with Crippen molar-refractivity contribution in [2.24, 2.45) is 0 Å². The molecule has 20 heavy (non-hydrogen) atoms. The lowest BCUT2D eigenvalue weighted by molar-refractivity contribution is 0.108. The van der Waals surface area contributed by atoms with Gasteiger partial charge in [0, 0.05) is 0 Å². The van der Waals surface area contributed by atoms with Gasteiger partial charge in [-0.3, -0.25) is 4.79 Å². The zero-order valence-corrected chi connectivity index (χ0v) is 13.1. The zero-order valence-electron chi connectivity index (χ0n) is 10.7. The van der Waals surface area contributed by atoms with Crippen LogP contribution in [0.25, 0.3) is 0 Å². The highest BCUT2D eigenvalue weighted by Gasteiger charge is 2.17. The Morgan fingerprint density at radius 1 is 1.20 bits per heavy atom. The van der Waals surface area contributed by atoms with Crippen LogP contribution in [0, 0.1) is 0 Å². The minimum Gasteiger partial charge on any atom is -0.493 e. The van der Waals surface area contributed by atoms with Crippen molar-refractivity contribution in [1.82, 2.24) is 0 Å². The maximum absolute atomic E-state index is 11.3. The first kappa shape index (κ1) is 14.9. The number of carbonyl (C=O) groups is 1. The third kappa shape index (κ3) is 3.32. The summed E-state index contributed by atoms with van der Waals surface area (Å²) >= 11 is 8.86. The summed E-state index contributed by atoms with van der Waals surface area (Å²) < 4.78 is 11.5. The molecule has 0 aliphatic heterocycles. The van der Waals surface area contributed by atoms with Gasteiger partial charge in [0.05, 0.1) is 17.1 Å². The summed E-state index contributed by atoms with van der Waals surface area (Å²) in [5.74, 6) is 0.998. The van der Waals surface area contributed by atoms with Crippen LogP contribution in [0.5, 0.6) is 11.5 Å². The molecular weight excluding hydrogens is 344 g/mol. The quantitative estimate of drug-likeness (QED) is 0.745. The molecule has 0 saturated carbocycles. The molecule has 0 unspecified atom stereocenters. The molecule has 2 aromatic rings. The van der Waals surface area contributed by atoms with Crippen LogP contribution in [0.3, 0.4) is 0 Å². The van der Waals surface area contributed by atoms with Gasteiger partial charge in [-0.2, -0.15) is 0 Å². The van der Waals surface area contributed by atoms with Crippen molar-refractivity contribution in [3.05, 3.63) is 58.1 Å². The molecule has 0 bridgehead atoms. The highest BCUT2D eigenvalue weighted by molar-refractivity contribution is 9.10. The van der Waals surface area contributed by atoms with Gasteiger partial charge in [0.25, 0.3) is 5.24 Å². The van der Waals surface area contributed by atoms with Crippen LogP contribution in [0.15, 0.2) is 46.9 Å². The number of methoxy groups -OCH3 is 1. The minimum atomic E-state index is -0.552. The Bertz CT molecular complexity index is 614. The van der Waals surface area contributed by atoms with Gasteiger partial charge in [0.2, 0.25) is 0 Å². The average molecular weight is 356 g/mol. The zero-order chi connectivity index (χ0) is 14.5. The molecule has 0 aliphatic rings. The number of carbonyl (C=O) groups excluding carboxylic acids is 1. The molecule has 0 aliphatic carbocycles. The van der Waals surface area contributed by atoms with Crippen LogP contribution in [0.2, 0.25) is 0 Å². The fourth-order valence-electron chi connectivity index (χ4n) is 1.72. The molecule has 0 saturated heterocycles. The second-order valence-electron chi connectivity index (χ2n) is 4.01. The van der Waals surface area contributed by atoms with Gasteiger partial charge in [-0.15, -0.1) is 0 Å². The Morgan fingerprint density at radius 3 is 2.50 bits per heavy atom. The minimum absolute atomic E-state index is 0.343. The van der Waals surface area contributed by atoms with Gasteiger partial charge in [0.1, 0.15) is 6.61 Å². The Morgan fingerprint density at radius 2 is 1.90 bits per heavy atom. The van der Waals surface area contributed by atoms with Crippen LogP contribution >= 0.6 is 27.5 Å². The molecule has 0 atom stereocenters. The van der Waals surface area contributed by atoms with Gasteiger partial charge in [-0.25, -0.2) is 0 Å². The molecule has 0 amide bonds. The average Bonchev–Trinajstić information content (AvgIpc) is 2.46. The molecule has 0 N–H and O–H groups in total. The number of hydrogen-bond acceptors (Lipinski definition) is 3. The maximum atomic E-state index is 11.3. The Hall–Kier alpha value is -1.52. The van der Waals surface area contributed by atoms with Crippen molar-refractivity contribution in [3.8, 4) is 11.5 Å². The van der Waals surface area contributed by atoms with E-state index in [4.69, 9.17) is 21.1 Å². The van der Waals surface area contributed by atoms with Crippen molar-refractivity contribution >= 4 is 32.8 Å². The number of ether oxygens (including phenoxy) is 2. The lowest BCUT2D eigenvalue weighted by Crippen LogP contribution is -2.01. The monoisotopic (exact) mass is 354 g/mol. The Kier molecular flexibility index (Phi) is 5.04. The SMILES string of the molecule is COc1ccc(C(=O)Cl)c(Br)c1OCc1ccccc1.